The van der Waals surface area contributed by atoms with Gasteiger partial charge in [0.2, 0.25) is 5.91 Å². The van der Waals surface area contributed by atoms with Crippen molar-refractivity contribution in [2.75, 3.05) is 6.54 Å². The summed E-state index contributed by atoms with van der Waals surface area (Å²) in [6.45, 7) is 4.55. The summed E-state index contributed by atoms with van der Waals surface area (Å²) >= 11 is 15.2. The molecule has 1 amide bonds. The van der Waals surface area contributed by atoms with Crippen LogP contribution in [0.5, 0.6) is 0 Å². The second kappa shape index (κ2) is 9.66. The highest BCUT2D eigenvalue weighted by Gasteiger charge is 2.15. The van der Waals surface area contributed by atoms with Gasteiger partial charge in [-0.15, -0.1) is 23.1 Å². The molecule has 24 heavy (non-hydrogen) atoms. The van der Waals surface area contributed by atoms with Crippen LogP contribution < -0.4 is 5.32 Å². The minimum absolute atomic E-state index is 0.0149. The third kappa shape index (κ3) is 6.28. The summed E-state index contributed by atoms with van der Waals surface area (Å²) in [5, 5.41) is 7.22. The van der Waals surface area contributed by atoms with E-state index in [2.05, 4.69) is 15.7 Å². The van der Waals surface area contributed by atoms with Crippen molar-refractivity contribution in [2.24, 2.45) is 0 Å². The van der Waals surface area contributed by atoms with Crippen molar-refractivity contribution < 1.29 is 4.79 Å². The molecule has 3 nitrogen and oxygen atoms in total. The van der Waals surface area contributed by atoms with Crippen LogP contribution in [0, 0.1) is 6.92 Å². The van der Waals surface area contributed by atoms with Gasteiger partial charge in [0.15, 0.2) is 0 Å². The van der Waals surface area contributed by atoms with E-state index in [1.54, 1.807) is 29.5 Å². The largest absolute Gasteiger partial charge is 0.355 e. The molecule has 0 aliphatic heterocycles. The molecule has 0 saturated carbocycles. The number of nitrogens with zero attached hydrogens (tertiary/aromatic N) is 1. The van der Waals surface area contributed by atoms with Gasteiger partial charge in [-0.25, -0.2) is 4.98 Å². The summed E-state index contributed by atoms with van der Waals surface area (Å²) in [4.78, 5) is 17.4. The molecule has 0 radical (unpaired) electrons. The van der Waals surface area contributed by atoms with Crippen LogP contribution >= 0.6 is 46.3 Å². The lowest BCUT2D eigenvalue weighted by molar-refractivity contribution is -0.120. The monoisotopic (exact) mass is 402 g/mol. The summed E-state index contributed by atoms with van der Waals surface area (Å²) in [7, 11) is 0. The second-order valence-corrected chi connectivity index (χ2v) is 8.63. The zero-order valence-electron chi connectivity index (χ0n) is 13.6. The number of hydrogen-bond acceptors (Lipinski definition) is 4. The Morgan fingerprint density at radius 2 is 2.17 bits per heavy atom. The van der Waals surface area contributed by atoms with E-state index >= 15 is 0 Å². The number of hydrogen-bond donors (Lipinski definition) is 1. The summed E-state index contributed by atoms with van der Waals surface area (Å²) in [5.41, 5.74) is 1.08. The van der Waals surface area contributed by atoms with Crippen molar-refractivity contribution in [3.63, 3.8) is 0 Å². The lowest BCUT2D eigenvalue weighted by Crippen LogP contribution is -2.31. The third-order valence-corrected chi connectivity index (χ3v) is 6.21. The van der Waals surface area contributed by atoms with Crippen LogP contribution in [0.3, 0.4) is 0 Å². The standard InChI is InChI=1S/C17H20Cl2N2OS2/c1-11-10-23-16(21-11)5-3-4-8-20-17(22)12(2)24-15-9-13(18)6-7-14(15)19/h6-7,9-10,12H,3-5,8H2,1-2H3,(H,20,22). The van der Waals surface area contributed by atoms with Crippen molar-refractivity contribution in [3.05, 3.63) is 44.3 Å². The van der Waals surface area contributed by atoms with E-state index in [0.717, 1.165) is 29.9 Å². The van der Waals surface area contributed by atoms with Crippen LogP contribution in [0.15, 0.2) is 28.5 Å². The van der Waals surface area contributed by atoms with Gasteiger partial charge in [-0.05, 0) is 51.3 Å². The predicted octanol–water partition coefficient (Wildman–Crippen LogP) is 5.38. The first-order chi connectivity index (χ1) is 11.5. The Hall–Kier alpha value is -0.750. The Bertz CT molecular complexity index is 691. The molecule has 1 heterocycles. The summed E-state index contributed by atoms with van der Waals surface area (Å²) in [6.07, 6.45) is 2.94. The number of carbonyl (C=O) groups excluding carboxylic acids is 1. The number of thiazole rings is 1. The molecule has 0 bridgehead atoms. The number of benzene rings is 1. The number of halogens is 2. The van der Waals surface area contributed by atoms with E-state index < -0.39 is 0 Å². The maximum absolute atomic E-state index is 12.2. The van der Waals surface area contributed by atoms with Crippen molar-refractivity contribution in [1.29, 1.82) is 0 Å². The Morgan fingerprint density at radius 1 is 1.38 bits per heavy atom. The van der Waals surface area contributed by atoms with E-state index in [4.69, 9.17) is 23.2 Å². The number of rotatable bonds is 8. The first-order valence-corrected chi connectivity index (χ1v) is 10.3. The summed E-state index contributed by atoms with van der Waals surface area (Å²) in [5.74, 6) is 0.0149. The minimum atomic E-state index is -0.220. The SMILES string of the molecule is Cc1csc(CCCCNC(=O)C(C)Sc2cc(Cl)ccc2Cl)n1. The molecule has 130 valence electrons. The van der Waals surface area contributed by atoms with Gasteiger partial charge in [0.25, 0.3) is 0 Å². The zero-order valence-corrected chi connectivity index (χ0v) is 16.8. The highest BCUT2D eigenvalue weighted by atomic mass is 35.5. The summed E-state index contributed by atoms with van der Waals surface area (Å²) < 4.78 is 0. The second-order valence-electron chi connectivity index (χ2n) is 5.47. The minimum Gasteiger partial charge on any atom is -0.355 e. The zero-order chi connectivity index (χ0) is 17.5. The molecule has 0 spiro atoms. The fraction of sp³-hybridized carbons (Fsp3) is 0.412. The molecular weight excluding hydrogens is 383 g/mol. The maximum Gasteiger partial charge on any atom is 0.233 e. The Labute approximate surface area is 161 Å². The molecule has 2 rings (SSSR count). The van der Waals surface area contributed by atoms with Crippen molar-refractivity contribution in [3.8, 4) is 0 Å². The van der Waals surface area contributed by atoms with Gasteiger partial charge in [-0.2, -0.15) is 0 Å². The number of amides is 1. The first kappa shape index (κ1) is 19.6. The Morgan fingerprint density at radius 3 is 2.88 bits per heavy atom. The van der Waals surface area contributed by atoms with Gasteiger partial charge >= 0.3 is 0 Å². The van der Waals surface area contributed by atoms with Gasteiger partial charge in [0.1, 0.15) is 0 Å². The molecule has 1 unspecified atom stereocenters. The average Bonchev–Trinajstić information content (AvgIpc) is 2.95. The van der Waals surface area contributed by atoms with Crippen LogP contribution in [-0.4, -0.2) is 22.7 Å². The molecular formula is C17H20Cl2N2OS2. The third-order valence-electron chi connectivity index (χ3n) is 3.35. The van der Waals surface area contributed by atoms with Crippen LogP contribution in [0.4, 0.5) is 0 Å². The van der Waals surface area contributed by atoms with Gasteiger partial charge in [0, 0.05) is 27.5 Å². The van der Waals surface area contributed by atoms with Gasteiger partial charge in [-0.1, -0.05) is 23.2 Å². The quantitative estimate of drug-likeness (QED) is 0.475. The number of unbranched alkanes of at least 4 members (excludes halogenated alkanes) is 1. The Kier molecular flexibility index (Phi) is 7.88. The molecule has 0 aliphatic rings. The molecule has 1 aromatic heterocycles. The molecule has 2 aromatic rings. The topological polar surface area (TPSA) is 42.0 Å². The fourth-order valence-electron chi connectivity index (χ4n) is 2.09. The van der Waals surface area contributed by atoms with Gasteiger partial charge in [-0.3, -0.25) is 4.79 Å². The number of carbonyl (C=O) groups is 1. The lowest BCUT2D eigenvalue weighted by Gasteiger charge is -2.13. The molecule has 0 saturated heterocycles. The average molecular weight is 403 g/mol. The van der Waals surface area contributed by atoms with E-state index in [9.17, 15) is 4.79 Å². The molecule has 0 fully saturated rings. The predicted molar refractivity (Wildman–Crippen MR) is 105 cm³/mol. The number of nitrogens with one attached hydrogen (secondary N) is 1. The number of thioether (sulfide) groups is 1. The molecule has 0 aliphatic carbocycles. The van der Waals surface area contributed by atoms with E-state index in [-0.39, 0.29) is 11.2 Å². The van der Waals surface area contributed by atoms with Crippen molar-refractivity contribution >= 4 is 52.2 Å². The maximum atomic E-state index is 12.2. The molecule has 7 heteroatoms. The van der Waals surface area contributed by atoms with Crippen LogP contribution in [0.2, 0.25) is 10.0 Å². The molecule has 1 atom stereocenters. The fourth-order valence-corrected chi connectivity index (χ4v) is 4.34. The van der Waals surface area contributed by atoms with E-state index in [1.807, 2.05) is 13.8 Å². The Balaban J connectivity index is 1.69. The van der Waals surface area contributed by atoms with E-state index in [0.29, 0.717) is 16.6 Å². The first-order valence-electron chi connectivity index (χ1n) is 7.76. The highest BCUT2D eigenvalue weighted by Crippen LogP contribution is 2.32. The van der Waals surface area contributed by atoms with Gasteiger partial charge < -0.3 is 5.32 Å². The number of aryl methyl sites for hydroxylation is 2. The van der Waals surface area contributed by atoms with Gasteiger partial charge in [0.05, 0.1) is 15.3 Å². The van der Waals surface area contributed by atoms with Crippen molar-refractivity contribution in [2.45, 2.75) is 43.3 Å². The van der Waals surface area contributed by atoms with Crippen LogP contribution in [0.25, 0.3) is 0 Å². The van der Waals surface area contributed by atoms with Crippen LogP contribution in [-0.2, 0) is 11.2 Å². The normalized spacial score (nSPS) is 12.2. The highest BCUT2D eigenvalue weighted by molar-refractivity contribution is 8.00. The molecule has 1 N–H and O–H groups in total. The summed E-state index contributed by atoms with van der Waals surface area (Å²) in [6, 6.07) is 5.27. The number of aromatic nitrogens is 1. The van der Waals surface area contributed by atoms with Crippen LogP contribution in [0.1, 0.15) is 30.5 Å². The smallest absolute Gasteiger partial charge is 0.233 e. The van der Waals surface area contributed by atoms with Crippen molar-refractivity contribution in [1.82, 2.24) is 10.3 Å². The molecule has 1 aromatic carbocycles. The lowest BCUT2D eigenvalue weighted by atomic mass is 10.2. The van der Waals surface area contributed by atoms with E-state index in [1.165, 1.54) is 16.8 Å².